The van der Waals surface area contributed by atoms with Gasteiger partial charge in [-0.3, -0.25) is 4.99 Å². The van der Waals surface area contributed by atoms with Crippen LogP contribution in [0.4, 0.5) is 0 Å². The molecule has 0 amide bonds. The van der Waals surface area contributed by atoms with Gasteiger partial charge in [-0.05, 0) is 11.5 Å². The van der Waals surface area contributed by atoms with Crippen LogP contribution in [0.5, 0.6) is 0 Å². The average molecular weight is 216 g/mol. The van der Waals surface area contributed by atoms with E-state index in [1.165, 1.54) is 0 Å². The van der Waals surface area contributed by atoms with E-state index in [0.717, 1.165) is 0 Å². The fourth-order valence-electron chi connectivity index (χ4n) is 0.837. The first-order valence-electron chi connectivity index (χ1n) is 3.90. The first-order chi connectivity index (χ1) is 6.61. The molecule has 0 bridgehead atoms. The maximum atomic E-state index is 11.2. The molecule has 15 heavy (non-hydrogen) atoms. The van der Waals surface area contributed by atoms with Gasteiger partial charge in [-0.2, -0.15) is 0 Å². The summed E-state index contributed by atoms with van der Waals surface area (Å²) in [5.41, 5.74) is 5.39. The van der Waals surface area contributed by atoms with Gasteiger partial charge in [-0.25, -0.2) is 4.79 Å². The van der Waals surface area contributed by atoms with Crippen molar-refractivity contribution in [3.05, 3.63) is 35.9 Å². The number of nitrogens with two attached hydrogens (primary N) is 1. The van der Waals surface area contributed by atoms with Crippen LogP contribution in [0.15, 0.2) is 35.3 Å². The number of carbonyl (C=O) groups is 1. The zero-order valence-corrected chi connectivity index (χ0v) is 10.3. The Morgan fingerprint density at radius 1 is 1.40 bits per heavy atom. The minimum absolute atomic E-state index is 0. The summed E-state index contributed by atoms with van der Waals surface area (Å²) in [5.74, 6) is -1.95. The van der Waals surface area contributed by atoms with Crippen molar-refractivity contribution in [3.8, 4) is 0 Å². The van der Waals surface area contributed by atoms with E-state index >= 15 is 0 Å². The zero-order chi connectivity index (χ0) is 10.6. The van der Waals surface area contributed by atoms with Crippen LogP contribution in [0, 0.1) is 0 Å². The predicted molar refractivity (Wildman–Crippen MR) is 48.6 cm³/mol. The van der Waals surface area contributed by atoms with Gasteiger partial charge in [-0.15, -0.1) is 0 Å². The maximum absolute atomic E-state index is 11.2. The van der Waals surface area contributed by atoms with Crippen LogP contribution >= 0.6 is 0 Å². The Labute approximate surface area is 109 Å². The third-order valence-electron chi connectivity index (χ3n) is 1.53. The number of aliphatic imine (C=N–C) groups is 1. The number of benzene rings is 1. The topological polar surface area (TPSA) is 98.7 Å². The van der Waals surface area contributed by atoms with Crippen LogP contribution < -0.4 is 40.4 Å². The summed E-state index contributed by atoms with van der Waals surface area (Å²) in [5, 5.41) is 19.7. The number of aliphatic carboxylic acids is 1. The van der Waals surface area contributed by atoms with Crippen molar-refractivity contribution >= 4 is 11.9 Å². The summed E-state index contributed by atoms with van der Waals surface area (Å²) in [7, 11) is 0. The molecule has 0 aliphatic carbocycles. The number of nitrogens with zero attached hydrogens (tertiary/aromatic N) is 1. The molecule has 0 aliphatic rings. The summed E-state index contributed by atoms with van der Waals surface area (Å²) in [6, 6.07) is 8.15. The van der Waals surface area contributed by atoms with E-state index in [9.17, 15) is 9.90 Å². The fourth-order valence-corrected chi connectivity index (χ4v) is 0.837. The van der Waals surface area contributed by atoms with Gasteiger partial charge in [0.2, 0.25) is 0 Å². The molecule has 5 nitrogen and oxygen atoms in total. The molecule has 1 aromatic carbocycles. The van der Waals surface area contributed by atoms with E-state index in [1.807, 2.05) is 0 Å². The Morgan fingerprint density at radius 3 is 2.40 bits per heavy atom. The zero-order valence-electron chi connectivity index (χ0n) is 8.25. The van der Waals surface area contributed by atoms with Gasteiger partial charge in [0, 0.05) is 0 Å². The Kier molecular flexibility index (Phi) is 6.19. The minimum Gasteiger partial charge on any atom is -0.858 e. The molecule has 1 aromatic rings. The molecule has 0 saturated heterocycles. The Morgan fingerprint density at radius 2 is 1.93 bits per heavy atom. The van der Waals surface area contributed by atoms with Crippen LogP contribution in [0.25, 0.3) is 0 Å². The van der Waals surface area contributed by atoms with Gasteiger partial charge >= 0.3 is 35.5 Å². The van der Waals surface area contributed by atoms with E-state index in [4.69, 9.17) is 10.8 Å². The summed E-state index contributed by atoms with van der Waals surface area (Å²) >= 11 is 0. The summed E-state index contributed by atoms with van der Waals surface area (Å²) in [4.78, 5) is 13.6. The molecule has 6 heteroatoms. The molecule has 0 aromatic heterocycles. The molecular weight excluding hydrogens is 207 g/mol. The molecule has 0 saturated carbocycles. The first kappa shape index (κ1) is 14.1. The molecule has 0 heterocycles. The van der Waals surface area contributed by atoms with E-state index in [0.29, 0.717) is 5.56 Å². The molecule has 1 atom stereocenters. The van der Waals surface area contributed by atoms with E-state index in [-0.39, 0.29) is 29.6 Å². The van der Waals surface area contributed by atoms with Gasteiger partial charge in [0.1, 0.15) is 0 Å². The van der Waals surface area contributed by atoms with Gasteiger partial charge in [-0.1, -0.05) is 30.3 Å². The minimum atomic E-state index is -1.50. The third-order valence-corrected chi connectivity index (χ3v) is 1.53. The second-order valence-corrected chi connectivity index (χ2v) is 2.58. The number of rotatable bonds is 3. The predicted octanol–water partition coefficient (Wildman–Crippen LogP) is -3.83. The van der Waals surface area contributed by atoms with Gasteiger partial charge in [0.25, 0.3) is 0 Å². The number of hydrogen-bond donors (Lipinski definition) is 2. The number of carboxylic acids is 1. The number of hydrogen-bond acceptors (Lipinski definition) is 4. The van der Waals surface area contributed by atoms with Crippen LogP contribution in [0.1, 0.15) is 5.56 Å². The van der Waals surface area contributed by atoms with E-state index < -0.39 is 18.0 Å². The molecule has 0 aliphatic heterocycles. The van der Waals surface area contributed by atoms with Crippen molar-refractivity contribution in [2.24, 2.45) is 10.7 Å². The third kappa shape index (κ3) is 4.44. The van der Waals surface area contributed by atoms with Crippen LogP contribution in [-0.4, -0.2) is 23.1 Å². The smallest absolute Gasteiger partial charge is 0.858 e. The summed E-state index contributed by atoms with van der Waals surface area (Å²) < 4.78 is 0. The quantitative estimate of drug-likeness (QED) is 0.307. The van der Waals surface area contributed by atoms with Gasteiger partial charge in [0.15, 0.2) is 6.17 Å². The normalized spacial score (nSPS) is 12.7. The Bertz CT molecular complexity index is 354. The van der Waals surface area contributed by atoms with E-state index in [1.54, 1.807) is 30.3 Å². The maximum Gasteiger partial charge on any atom is 1.00 e. The summed E-state index contributed by atoms with van der Waals surface area (Å²) in [6.07, 6.45) is -1.50. The molecule has 0 radical (unpaired) electrons. The largest absolute Gasteiger partial charge is 1.00 e. The second kappa shape index (κ2) is 6.58. The monoisotopic (exact) mass is 216 g/mol. The average Bonchev–Trinajstić information content (AvgIpc) is 2.19. The molecule has 74 valence electrons. The first-order valence-corrected chi connectivity index (χ1v) is 3.90. The van der Waals surface area contributed by atoms with Crippen molar-refractivity contribution in [1.82, 2.24) is 0 Å². The standard InChI is InChI=1S/C9H10N2O3.Na/c10-7(9(13)14)11-8(12)6-4-2-1-3-5-6;/h1-5,7H,10H2,(H,11,12)(H,13,14);/q;+1/p-1. The fraction of sp³-hybridized carbons (Fsp3) is 0.111. The Balaban J connectivity index is 0.00000196. The molecule has 1 unspecified atom stereocenters. The summed E-state index contributed by atoms with van der Waals surface area (Å²) in [6.45, 7) is 0. The molecule has 3 N–H and O–H groups in total. The van der Waals surface area contributed by atoms with Crippen LogP contribution in [-0.2, 0) is 4.79 Å². The molecule has 0 fully saturated rings. The van der Waals surface area contributed by atoms with Crippen molar-refractivity contribution in [3.63, 3.8) is 0 Å². The van der Waals surface area contributed by atoms with Crippen LogP contribution in [0.3, 0.4) is 0 Å². The Hall–Kier alpha value is -0.880. The SMILES string of the molecule is NC(N=C([O-])c1ccccc1)C(=O)O.[Na+]. The van der Waals surface area contributed by atoms with Crippen molar-refractivity contribution in [2.75, 3.05) is 0 Å². The second-order valence-electron chi connectivity index (χ2n) is 2.58. The van der Waals surface area contributed by atoms with Gasteiger partial charge in [0.05, 0.1) is 0 Å². The van der Waals surface area contributed by atoms with Gasteiger partial charge < -0.3 is 15.9 Å². The van der Waals surface area contributed by atoms with Crippen molar-refractivity contribution in [1.29, 1.82) is 0 Å². The molecule has 0 spiro atoms. The molecule has 1 rings (SSSR count). The number of carboxylic acid groups (broad SMARTS) is 1. The molecular formula is C9H9N2NaO3. The van der Waals surface area contributed by atoms with E-state index in [2.05, 4.69) is 4.99 Å². The van der Waals surface area contributed by atoms with Crippen molar-refractivity contribution in [2.45, 2.75) is 6.17 Å². The van der Waals surface area contributed by atoms with Crippen molar-refractivity contribution < 1.29 is 44.6 Å². The van der Waals surface area contributed by atoms with Crippen LogP contribution in [0.2, 0.25) is 0 Å².